The molecule has 5 heteroatoms. The molecule has 5 nitrogen and oxygen atoms in total. The SMILES string of the molecule is CCC(=O)NCCCCNc1ncc(N)cc1C. The molecule has 1 amide bonds. The molecule has 4 N–H and O–H groups in total. The number of carbonyl (C=O) groups is 1. The van der Waals surface area contributed by atoms with Crippen molar-refractivity contribution in [3.05, 3.63) is 17.8 Å². The maximum absolute atomic E-state index is 11.0. The van der Waals surface area contributed by atoms with Crippen molar-refractivity contribution < 1.29 is 4.79 Å². The van der Waals surface area contributed by atoms with E-state index in [0.29, 0.717) is 12.1 Å². The van der Waals surface area contributed by atoms with Crippen molar-refractivity contribution >= 4 is 17.4 Å². The number of nitrogen functional groups attached to an aromatic ring is 1. The molecule has 1 aromatic heterocycles. The number of aryl methyl sites for hydroxylation is 1. The lowest BCUT2D eigenvalue weighted by Gasteiger charge is -2.09. The summed E-state index contributed by atoms with van der Waals surface area (Å²) in [7, 11) is 0. The molecule has 0 bridgehead atoms. The molecular formula is C13H22N4O. The third-order valence-electron chi connectivity index (χ3n) is 2.64. The highest BCUT2D eigenvalue weighted by atomic mass is 16.1. The predicted octanol–water partition coefficient (Wildman–Crippen LogP) is 1.69. The average molecular weight is 250 g/mol. The van der Waals surface area contributed by atoms with E-state index in [1.807, 2.05) is 19.9 Å². The number of unbranched alkanes of at least 4 members (excludes halogenated alkanes) is 1. The zero-order valence-electron chi connectivity index (χ0n) is 11.1. The van der Waals surface area contributed by atoms with Gasteiger partial charge in [0.05, 0.1) is 11.9 Å². The molecular weight excluding hydrogens is 228 g/mol. The van der Waals surface area contributed by atoms with Crippen LogP contribution < -0.4 is 16.4 Å². The Morgan fingerprint density at radius 2 is 2.11 bits per heavy atom. The van der Waals surface area contributed by atoms with Gasteiger partial charge in [-0.15, -0.1) is 0 Å². The Balaban J connectivity index is 2.16. The predicted molar refractivity (Wildman–Crippen MR) is 74.4 cm³/mol. The topological polar surface area (TPSA) is 80.0 Å². The van der Waals surface area contributed by atoms with Gasteiger partial charge >= 0.3 is 0 Å². The lowest BCUT2D eigenvalue weighted by atomic mass is 10.2. The smallest absolute Gasteiger partial charge is 0.219 e. The van der Waals surface area contributed by atoms with Gasteiger partial charge in [0, 0.05) is 19.5 Å². The quantitative estimate of drug-likeness (QED) is 0.643. The maximum atomic E-state index is 11.0. The van der Waals surface area contributed by atoms with E-state index >= 15 is 0 Å². The van der Waals surface area contributed by atoms with Crippen molar-refractivity contribution in [3.63, 3.8) is 0 Å². The van der Waals surface area contributed by atoms with E-state index in [0.717, 1.165) is 37.3 Å². The van der Waals surface area contributed by atoms with E-state index < -0.39 is 0 Å². The van der Waals surface area contributed by atoms with Crippen molar-refractivity contribution in [1.82, 2.24) is 10.3 Å². The Bertz CT molecular complexity index is 393. The van der Waals surface area contributed by atoms with Crippen molar-refractivity contribution in [2.75, 3.05) is 24.1 Å². The van der Waals surface area contributed by atoms with Crippen LogP contribution in [0, 0.1) is 6.92 Å². The molecule has 0 aliphatic rings. The number of amides is 1. The zero-order chi connectivity index (χ0) is 13.4. The number of hydrogen-bond acceptors (Lipinski definition) is 4. The van der Waals surface area contributed by atoms with Crippen molar-refractivity contribution in [3.8, 4) is 0 Å². The van der Waals surface area contributed by atoms with Crippen molar-refractivity contribution in [2.45, 2.75) is 33.1 Å². The van der Waals surface area contributed by atoms with E-state index in [2.05, 4.69) is 15.6 Å². The molecule has 0 aliphatic carbocycles. The maximum Gasteiger partial charge on any atom is 0.219 e. The molecule has 0 fully saturated rings. The number of hydrogen-bond donors (Lipinski definition) is 3. The summed E-state index contributed by atoms with van der Waals surface area (Å²) in [5.74, 6) is 0.987. The largest absolute Gasteiger partial charge is 0.397 e. The van der Waals surface area contributed by atoms with Gasteiger partial charge in [0.25, 0.3) is 0 Å². The van der Waals surface area contributed by atoms with Crippen LogP contribution in [0.3, 0.4) is 0 Å². The Morgan fingerprint density at radius 3 is 2.78 bits per heavy atom. The van der Waals surface area contributed by atoms with Crippen molar-refractivity contribution in [1.29, 1.82) is 0 Å². The standard InChI is InChI=1S/C13H22N4O/c1-3-12(18)15-6-4-5-7-16-13-10(2)8-11(14)9-17-13/h8-9H,3-7,14H2,1-2H3,(H,15,18)(H,16,17). The van der Waals surface area contributed by atoms with Crippen LogP contribution >= 0.6 is 0 Å². The zero-order valence-corrected chi connectivity index (χ0v) is 11.1. The summed E-state index contributed by atoms with van der Waals surface area (Å²) in [5.41, 5.74) is 7.36. The number of rotatable bonds is 7. The summed E-state index contributed by atoms with van der Waals surface area (Å²) < 4.78 is 0. The summed E-state index contributed by atoms with van der Waals surface area (Å²) >= 11 is 0. The van der Waals surface area contributed by atoms with Crippen LogP contribution in [0.15, 0.2) is 12.3 Å². The fraction of sp³-hybridized carbons (Fsp3) is 0.538. The molecule has 0 aliphatic heterocycles. The number of carbonyl (C=O) groups excluding carboxylic acids is 1. The number of anilines is 2. The van der Waals surface area contributed by atoms with Gasteiger partial charge in [-0.05, 0) is 31.4 Å². The molecule has 0 atom stereocenters. The highest BCUT2D eigenvalue weighted by molar-refractivity contribution is 5.75. The number of nitrogens with zero attached hydrogens (tertiary/aromatic N) is 1. The van der Waals surface area contributed by atoms with Crippen LogP contribution in [0.5, 0.6) is 0 Å². The molecule has 0 radical (unpaired) electrons. The third kappa shape index (κ3) is 5.03. The lowest BCUT2D eigenvalue weighted by Crippen LogP contribution is -2.23. The highest BCUT2D eigenvalue weighted by Gasteiger charge is 1.99. The molecule has 0 unspecified atom stereocenters. The fourth-order valence-corrected chi connectivity index (χ4v) is 1.59. The van der Waals surface area contributed by atoms with Crippen molar-refractivity contribution in [2.24, 2.45) is 0 Å². The molecule has 0 spiro atoms. The van der Waals surface area contributed by atoms with E-state index in [9.17, 15) is 4.79 Å². The Hall–Kier alpha value is -1.78. The van der Waals surface area contributed by atoms with Gasteiger partial charge in [0.1, 0.15) is 5.82 Å². The molecule has 100 valence electrons. The molecule has 0 saturated heterocycles. The minimum absolute atomic E-state index is 0.110. The first-order valence-electron chi connectivity index (χ1n) is 6.36. The van der Waals surface area contributed by atoms with E-state index in [-0.39, 0.29) is 5.91 Å². The molecule has 18 heavy (non-hydrogen) atoms. The fourth-order valence-electron chi connectivity index (χ4n) is 1.59. The summed E-state index contributed by atoms with van der Waals surface area (Å²) in [4.78, 5) is 15.2. The number of aromatic nitrogens is 1. The van der Waals surface area contributed by atoms with Gasteiger partial charge in [-0.2, -0.15) is 0 Å². The van der Waals surface area contributed by atoms with Gasteiger partial charge in [-0.25, -0.2) is 4.98 Å². The molecule has 1 heterocycles. The minimum atomic E-state index is 0.110. The van der Waals surface area contributed by atoms with Gasteiger partial charge in [-0.3, -0.25) is 4.79 Å². The van der Waals surface area contributed by atoms with Crippen LogP contribution in [-0.4, -0.2) is 24.0 Å². The number of nitrogens with two attached hydrogens (primary N) is 1. The van der Waals surface area contributed by atoms with Crippen LogP contribution in [0.25, 0.3) is 0 Å². The first-order valence-corrected chi connectivity index (χ1v) is 6.36. The first kappa shape index (κ1) is 14.3. The summed E-state index contributed by atoms with van der Waals surface area (Å²) in [6.45, 7) is 5.42. The summed E-state index contributed by atoms with van der Waals surface area (Å²) in [6.07, 6.45) is 4.16. The van der Waals surface area contributed by atoms with Crippen LogP contribution in [0.1, 0.15) is 31.7 Å². The van der Waals surface area contributed by atoms with E-state index in [1.54, 1.807) is 6.20 Å². The third-order valence-corrected chi connectivity index (χ3v) is 2.64. The van der Waals surface area contributed by atoms with Gasteiger partial charge in [0.2, 0.25) is 5.91 Å². The first-order chi connectivity index (χ1) is 8.63. The number of pyridine rings is 1. The summed E-state index contributed by atoms with van der Waals surface area (Å²) in [6, 6.07) is 1.90. The average Bonchev–Trinajstić information content (AvgIpc) is 2.35. The highest BCUT2D eigenvalue weighted by Crippen LogP contribution is 2.13. The molecule has 0 aromatic carbocycles. The second-order valence-electron chi connectivity index (χ2n) is 4.27. The van der Waals surface area contributed by atoms with Crippen LogP contribution in [0.4, 0.5) is 11.5 Å². The number of nitrogens with one attached hydrogen (secondary N) is 2. The van der Waals surface area contributed by atoms with Crippen LogP contribution in [0.2, 0.25) is 0 Å². The second kappa shape index (κ2) is 7.53. The lowest BCUT2D eigenvalue weighted by molar-refractivity contribution is -0.120. The second-order valence-corrected chi connectivity index (χ2v) is 4.27. The monoisotopic (exact) mass is 250 g/mol. The van der Waals surface area contributed by atoms with E-state index in [1.165, 1.54) is 0 Å². The molecule has 1 rings (SSSR count). The normalized spacial score (nSPS) is 10.1. The van der Waals surface area contributed by atoms with Gasteiger partial charge in [-0.1, -0.05) is 6.92 Å². The summed E-state index contributed by atoms with van der Waals surface area (Å²) in [5, 5.41) is 6.11. The Morgan fingerprint density at radius 1 is 1.39 bits per heavy atom. The molecule has 1 aromatic rings. The van der Waals surface area contributed by atoms with Gasteiger partial charge in [0.15, 0.2) is 0 Å². The van der Waals surface area contributed by atoms with Crippen LogP contribution in [-0.2, 0) is 4.79 Å². The Labute approximate surface area is 108 Å². The van der Waals surface area contributed by atoms with Gasteiger partial charge < -0.3 is 16.4 Å². The Kier molecular flexibility index (Phi) is 5.97. The minimum Gasteiger partial charge on any atom is -0.397 e. The molecule has 0 saturated carbocycles. The van der Waals surface area contributed by atoms with E-state index in [4.69, 9.17) is 5.73 Å².